The van der Waals surface area contributed by atoms with Crippen molar-refractivity contribution in [2.75, 3.05) is 6.61 Å². The van der Waals surface area contributed by atoms with E-state index in [0.717, 1.165) is 18.8 Å². The number of aliphatic hydroxyl groups is 1. The van der Waals surface area contributed by atoms with Crippen LogP contribution in [0.25, 0.3) is 0 Å². The van der Waals surface area contributed by atoms with E-state index < -0.39 is 0 Å². The Morgan fingerprint density at radius 3 is 2.59 bits per heavy atom. The first-order chi connectivity index (χ1) is 8.17. The Morgan fingerprint density at radius 2 is 2.06 bits per heavy atom. The van der Waals surface area contributed by atoms with Crippen molar-refractivity contribution in [1.82, 2.24) is 5.32 Å². The number of rotatable bonds is 7. The maximum atomic E-state index is 12.0. The molecule has 0 spiro atoms. The van der Waals surface area contributed by atoms with Gasteiger partial charge in [0, 0.05) is 18.6 Å². The summed E-state index contributed by atoms with van der Waals surface area (Å²) in [6, 6.07) is 0.138. The second-order valence-corrected chi connectivity index (χ2v) is 5.41. The van der Waals surface area contributed by atoms with Crippen molar-refractivity contribution in [3.63, 3.8) is 0 Å². The van der Waals surface area contributed by atoms with Crippen LogP contribution in [0.5, 0.6) is 0 Å². The van der Waals surface area contributed by atoms with Crippen molar-refractivity contribution in [2.45, 2.75) is 64.8 Å². The van der Waals surface area contributed by atoms with Gasteiger partial charge in [-0.05, 0) is 25.2 Å². The van der Waals surface area contributed by atoms with Gasteiger partial charge in [0.25, 0.3) is 0 Å². The monoisotopic (exact) mass is 241 g/mol. The molecule has 2 N–H and O–H groups in total. The van der Waals surface area contributed by atoms with Crippen molar-refractivity contribution in [2.24, 2.45) is 11.8 Å². The highest BCUT2D eigenvalue weighted by Gasteiger charge is 2.22. The molecule has 0 bridgehead atoms. The quantitative estimate of drug-likeness (QED) is 0.719. The fourth-order valence-electron chi connectivity index (χ4n) is 2.73. The van der Waals surface area contributed by atoms with Crippen LogP contribution in [0.4, 0.5) is 0 Å². The molecule has 0 saturated heterocycles. The van der Waals surface area contributed by atoms with E-state index in [4.69, 9.17) is 5.11 Å². The summed E-state index contributed by atoms with van der Waals surface area (Å²) in [5.41, 5.74) is 0. The average molecular weight is 241 g/mol. The van der Waals surface area contributed by atoms with Crippen LogP contribution in [-0.2, 0) is 4.79 Å². The molecule has 0 radical (unpaired) electrons. The first-order valence-corrected chi connectivity index (χ1v) is 7.08. The SMILES string of the molecule is CCC(CCO)NC(=O)C(C)CC1CCCC1. The summed E-state index contributed by atoms with van der Waals surface area (Å²) in [4.78, 5) is 12.0. The Bertz CT molecular complexity index is 224. The number of aliphatic hydroxyl groups excluding tert-OH is 1. The zero-order valence-electron chi connectivity index (χ0n) is 11.2. The molecule has 0 aromatic carbocycles. The van der Waals surface area contributed by atoms with Gasteiger partial charge in [0.05, 0.1) is 0 Å². The third-order valence-electron chi connectivity index (χ3n) is 3.93. The molecule has 0 aromatic heterocycles. The molecular formula is C14H27NO2. The number of amides is 1. The van der Waals surface area contributed by atoms with E-state index in [1.807, 2.05) is 13.8 Å². The third-order valence-corrected chi connectivity index (χ3v) is 3.93. The predicted octanol–water partition coefficient (Wildman–Crippen LogP) is 2.48. The van der Waals surface area contributed by atoms with E-state index in [-0.39, 0.29) is 24.5 Å². The van der Waals surface area contributed by atoms with Crippen molar-refractivity contribution in [1.29, 1.82) is 0 Å². The number of nitrogens with one attached hydrogen (secondary N) is 1. The van der Waals surface area contributed by atoms with Gasteiger partial charge in [-0.2, -0.15) is 0 Å². The van der Waals surface area contributed by atoms with Crippen LogP contribution < -0.4 is 5.32 Å². The molecule has 1 amide bonds. The van der Waals surface area contributed by atoms with Crippen LogP contribution >= 0.6 is 0 Å². The lowest BCUT2D eigenvalue weighted by molar-refractivity contribution is -0.125. The number of carbonyl (C=O) groups is 1. The zero-order valence-corrected chi connectivity index (χ0v) is 11.2. The molecular weight excluding hydrogens is 214 g/mol. The smallest absolute Gasteiger partial charge is 0.223 e. The largest absolute Gasteiger partial charge is 0.396 e. The van der Waals surface area contributed by atoms with Gasteiger partial charge in [0.2, 0.25) is 5.91 Å². The van der Waals surface area contributed by atoms with Crippen molar-refractivity contribution in [3.8, 4) is 0 Å². The molecule has 1 aliphatic carbocycles. The van der Waals surface area contributed by atoms with Crippen molar-refractivity contribution < 1.29 is 9.90 Å². The maximum Gasteiger partial charge on any atom is 0.223 e. The zero-order chi connectivity index (χ0) is 12.7. The molecule has 3 heteroatoms. The van der Waals surface area contributed by atoms with Crippen LogP contribution in [0.2, 0.25) is 0 Å². The lowest BCUT2D eigenvalue weighted by Gasteiger charge is -2.20. The summed E-state index contributed by atoms with van der Waals surface area (Å²) >= 11 is 0. The van der Waals surface area contributed by atoms with Crippen molar-refractivity contribution >= 4 is 5.91 Å². The number of hydrogen-bond donors (Lipinski definition) is 2. The normalized spacial score (nSPS) is 20.2. The summed E-state index contributed by atoms with van der Waals surface area (Å²) in [6.07, 6.45) is 7.85. The molecule has 0 aromatic rings. The predicted molar refractivity (Wildman–Crippen MR) is 69.7 cm³/mol. The molecule has 1 rings (SSSR count). The van der Waals surface area contributed by atoms with Gasteiger partial charge in [0.1, 0.15) is 0 Å². The fourth-order valence-corrected chi connectivity index (χ4v) is 2.73. The molecule has 1 fully saturated rings. The molecule has 1 saturated carbocycles. The molecule has 0 heterocycles. The first kappa shape index (κ1) is 14.5. The van der Waals surface area contributed by atoms with E-state index in [1.54, 1.807) is 0 Å². The van der Waals surface area contributed by atoms with Gasteiger partial charge >= 0.3 is 0 Å². The molecule has 17 heavy (non-hydrogen) atoms. The molecule has 1 aliphatic rings. The summed E-state index contributed by atoms with van der Waals surface area (Å²) in [6.45, 7) is 4.22. The molecule has 2 unspecified atom stereocenters. The second kappa shape index (κ2) is 7.70. The van der Waals surface area contributed by atoms with E-state index in [2.05, 4.69) is 5.32 Å². The van der Waals surface area contributed by atoms with E-state index in [9.17, 15) is 4.79 Å². The Labute approximate surface area is 105 Å². The first-order valence-electron chi connectivity index (χ1n) is 7.08. The molecule has 3 nitrogen and oxygen atoms in total. The van der Waals surface area contributed by atoms with Gasteiger partial charge in [0.15, 0.2) is 0 Å². The minimum atomic E-state index is 0.117. The van der Waals surface area contributed by atoms with Gasteiger partial charge in [-0.15, -0.1) is 0 Å². The number of hydrogen-bond acceptors (Lipinski definition) is 2. The third kappa shape index (κ3) is 5.07. The number of carbonyl (C=O) groups excluding carboxylic acids is 1. The fraction of sp³-hybridized carbons (Fsp3) is 0.929. The van der Waals surface area contributed by atoms with Crippen LogP contribution in [-0.4, -0.2) is 23.7 Å². The summed E-state index contributed by atoms with van der Waals surface area (Å²) in [5.74, 6) is 1.04. The maximum absolute atomic E-state index is 12.0. The second-order valence-electron chi connectivity index (χ2n) is 5.41. The Hall–Kier alpha value is -0.570. The average Bonchev–Trinajstić information content (AvgIpc) is 2.81. The highest BCUT2D eigenvalue weighted by atomic mass is 16.3. The Morgan fingerprint density at radius 1 is 1.41 bits per heavy atom. The standard InChI is InChI=1S/C14H27NO2/c1-3-13(8-9-16)15-14(17)11(2)10-12-6-4-5-7-12/h11-13,16H,3-10H2,1-2H3,(H,15,17). The highest BCUT2D eigenvalue weighted by Crippen LogP contribution is 2.30. The molecule has 0 aliphatic heterocycles. The van der Waals surface area contributed by atoms with Crippen molar-refractivity contribution in [3.05, 3.63) is 0 Å². The minimum Gasteiger partial charge on any atom is -0.396 e. The van der Waals surface area contributed by atoms with Gasteiger partial charge in [-0.3, -0.25) is 4.79 Å². The Balaban J connectivity index is 2.29. The summed E-state index contributed by atoms with van der Waals surface area (Å²) < 4.78 is 0. The lowest BCUT2D eigenvalue weighted by atomic mass is 9.93. The molecule has 100 valence electrons. The Kier molecular flexibility index (Phi) is 6.56. The lowest BCUT2D eigenvalue weighted by Crippen LogP contribution is -2.38. The van der Waals surface area contributed by atoms with Gasteiger partial charge in [-0.1, -0.05) is 39.5 Å². The van der Waals surface area contributed by atoms with Crippen LogP contribution in [0.3, 0.4) is 0 Å². The van der Waals surface area contributed by atoms with Crippen LogP contribution in [0.1, 0.15) is 58.8 Å². The van der Waals surface area contributed by atoms with E-state index >= 15 is 0 Å². The van der Waals surface area contributed by atoms with Gasteiger partial charge < -0.3 is 10.4 Å². The highest BCUT2D eigenvalue weighted by molar-refractivity contribution is 5.78. The topological polar surface area (TPSA) is 49.3 Å². The minimum absolute atomic E-state index is 0.117. The van der Waals surface area contributed by atoms with Crippen LogP contribution in [0, 0.1) is 11.8 Å². The van der Waals surface area contributed by atoms with Crippen LogP contribution in [0.15, 0.2) is 0 Å². The van der Waals surface area contributed by atoms with Gasteiger partial charge in [-0.25, -0.2) is 0 Å². The van der Waals surface area contributed by atoms with E-state index in [1.165, 1.54) is 25.7 Å². The molecule has 2 atom stereocenters. The summed E-state index contributed by atoms with van der Waals surface area (Å²) in [7, 11) is 0. The van der Waals surface area contributed by atoms with E-state index in [0.29, 0.717) is 6.42 Å². The summed E-state index contributed by atoms with van der Waals surface area (Å²) in [5, 5.41) is 11.9.